The van der Waals surface area contributed by atoms with Crippen molar-refractivity contribution in [3.8, 4) is 0 Å². The summed E-state index contributed by atoms with van der Waals surface area (Å²) in [4.78, 5) is 0. The Morgan fingerprint density at radius 3 is 2.60 bits per heavy atom. The Labute approximate surface area is 68.2 Å². The van der Waals surface area contributed by atoms with Crippen LogP contribution in [0.5, 0.6) is 0 Å². The summed E-state index contributed by atoms with van der Waals surface area (Å²) in [5, 5.41) is 0. The normalized spacial score (nSPS) is 13.1. The van der Waals surface area contributed by atoms with E-state index < -0.39 is 6.17 Å². The zero-order valence-corrected chi connectivity index (χ0v) is 7.23. The summed E-state index contributed by atoms with van der Waals surface area (Å²) in [6.07, 6.45) is -0.877. The Bertz CT molecular complexity index is 220. The van der Waals surface area contributed by atoms with Gasteiger partial charge in [0.25, 0.3) is 0 Å². The Hall–Kier alpha value is -0.370. The molecule has 0 nitrogen and oxygen atoms in total. The van der Waals surface area contributed by atoms with Crippen molar-refractivity contribution in [1.82, 2.24) is 0 Å². The van der Waals surface area contributed by atoms with Crippen LogP contribution in [0.3, 0.4) is 0 Å². The molecule has 1 atom stereocenters. The number of rotatable bonds is 1. The Morgan fingerprint density at radius 1 is 1.50 bits per heavy atom. The summed E-state index contributed by atoms with van der Waals surface area (Å²) in [7, 11) is 0. The number of halogens is 2. The molecule has 1 rings (SSSR count). The standard InChI is InChI=1S/C8H8BrF/c1-6(10)7-3-2-4-8(9)5-7/h2-6H,1H3. The molecule has 0 aromatic heterocycles. The first-order valence-corrected chi connectivity index (χ1v) is 3.89. The smallest absolute Gasteiger partial charge is 0.122 e. The molecule has 0 spiro atoms. The van der Waals surface area contributed by atoms with Crippen LogP contribution in [-0.4, -0.2) is 0 Å². The lowest BCUT2D eigenvalue weighted by molar-refractivity contribution is 0.374. The molecule has 1 unspecified atom stereocenters. The highest BCUT2D eigenvalue weighted by molar-refractivity contribution is 9.10. The van der Waals surface area contributed by atoms with Crippen molar-refractivity contribution in [3.05, 3.63) is 34.3 Å². The topological polar surface area (TPSA) is 0 Å². The maximum Gasteiger partial charge on any atom is 0.122 e. The fourth-order valence-electron chi connectivity index (χ4n) is 0.754. The summed E-state index contributed by atoms with van der Waals surface area (Å²) in [5.74, 6) is 0. The van der Waals surface area contributed by atoms with Crippen molar-refractivity contribution in [2.45, 2.75) is 13.1 Å². The third-order valence-electron chi connectivity index (χ3n) is 1.31. The SMILES string of the molecule is CC(F)c1cccc(Br)c1. The molecule has 0 aliphatic carbocycles. The van der Waals surface area contributed by atoms with Gasteiger partial charge < -0.3 is 0 Å². The Morgan fingerprint density at radius 2 is 2.20 bits per heavy atom. The van der Waals surface area contributed by atoms with Crippen LogP contribution in [-0.2, 0) is 0 Å². The van der Waals surface area contributed by atoms with E-state index in [0.717, 1.165) is 10.0 Å². The van der Waals surface area contributed by atoms with Crippen LogP contribution in [0.4, 0.5) is 4.39 Å². The molecular formula is C8H8BrF. The van der Waals surface area contributed by atoms with Crippen LogP contribution >= 0.6 is 15.9 Å². The summed E-state index contributed by atoms with van der Waals surface area (Å²) < 4.78 is 13.5. The molecule has 1 aromatic carbocycles. The molecule has 1 aromatic rings. The van der Waals surface area contributed by atoms with Crippen LogP contribution in [0.2, 0.25) is 0 Å². The molecule has 0 amide bonds. The lowest BCUT2D eigenvalue weighted by Gasteiger charge is -2.00. The molecule has 0 fully saturated rings. The van der Waals surface area contributed by atoms with Crippen molar-refractivity contribution in [2.24, 2.45) is 0 Å². The summed E-state index contributed by atoms with van der Waals surface area (Å²) >= 11 is 3.26. The van der Waals surface area contributed by atoms with E-state index in [1.165, 1.54) is 6.92 Å². The number of alkyl halides is 1. The van der Waals surface area contributed by atoms with E-state index in [1.54, 1.807) is 12.1 Å². The zero-order valence-electron chi connectivity index (χ0n) is 5.64. The number of hydrogen-bond acceptors (Lipinski definition) is 0. The van der Waals surface area contributed by atoms with Gasteiger partial charge in [0.2, 0.25) is 0 Å². The van der Waals surface area contributed by atoms with Gasteiger partial charge in [-0.05, 0) is 24.6 Å². The van der Waals surface area contributed by atoms with Crippen molar-refractivity contribution in [1.29, 1.82) is 0 Å². The van der Waals surface area contributed by atoms with Gasteiger partial charge >= 0.3 is 0 Å². The van der Waals surface area contributed by atoms with Gasteiger partial charge in [0.15, 0.2) is 0 Å². The lowest BCUT2D eigenvalue weighted by atomic mass is 10.1. The molecule has 54 valence electrons. The van der Waals surface area contributed by atoms with Crippen LogP contribution in [0.1, 0.15) is 18.7 Å². The van der Waals surface area contributed by atoms with E-state index in [0.29, 0.717) is 0 Å². The van der Waals surface area contributed by atoms with E-state index >= 15 is 0 Å². The summed E-state index contributed by atoms with van der Waals surface area (Å²) in [6.45, 7) is 1.53. The molecule has 0 saturated heterocycles. The van der Waals surface area contributed by atoms with E-state index in [1.807, 2.05) is 12.1 Å². The molecule has 10 heavy (non-hydrogen) atoms. The van der Waals surface area contributed by atoms with E-state index in [4.69, 9.17) is 0 Å². The molecule has 0 saturated carbocycles. The Kier molecular flexibility index (Phi) is 2.44. The minimum absolute atomic E-state index is 0.717. The van der Waals surface area contributed by atoms with Crippen LogP contribution in [0.25, 0.3) is 0 Å². The van der Waals surface area contributed by atoms with Gasteiger partial charge in [0, 0.05) is 4.47 Å². The molecule has 2 heteroatoms. The van der Waals surface area contributed by atoms with Crippen molar-refractivity contribution >= 4 is 15.9 Å². The van der Waals surface area contributed by atoms with Crippen LogP contribution in [0.15, 0.2) is 28.7 Å². The zero-order chi connectivity index (χ0) is 7.56. The van der Waals surface area contributed by atoms with Gasteiger partial charge in [-0.3, -0.25) is 0 Å². The van der Waals surface area contributed by atoms with Gasteiger partial charge in [-0.2, -0.15) is 0 Å². The van der Waals surface area contributed by atoms with Gasteiger partial charge in [-0.15, -0.1) is 0 Å². The van der Waals surface area contributed by atoms with Crippen LogP contribution < -0.4 is 0 Å². The quantitative estimate of drug-likeness (QED) is 0.655. The minimum Gasteiger partial charge on any atom is -0.243 e. The van der Waals surface area contributed by atoms with Crippen molar-refractivity contribution in [3.63, 3.8) is 0 Å². The van der Waals surface area contributed by atoms with E-state index in [2.05, 4.69) is 15.9 Å². The largest absolute Gasteiger partial charge is 0.243 e. The molecule has 0 aliphatic heterocycles. The van der Waals surface area contributed by atoms with Crippen molar-refractivity contribution < 1.29 is 4.39 Å². The monoisotopic (exact) mass is 202 g/mol. The van der Waals surface area contributed by atoms with E-state index in [-0.39, 0.29) is 0 Å². The fraction of sp³-hybridized carbons (Fsp3) is 0.250. The highest BCUT2D eigenvalue weighted by Crippen LogP contribution is 2.19. The van der Waals surface area contributed by atoms with Gasteiger partial charge in [-0.25, -0.2) is 4.39 Å². The molecular weight excluding hydrogens is 195 g/mol. The third-order valence-corrected chi connectivity index (χ3v) is 1.80. The Balaban J connectivity index is 2.96. The summed E-state index contributed by atoms with van der Waals surface area (Å²) in [6, 6.07) is 7.27. The first kappa shape index (κ1) is 7.73. The first-order chi connectivity index (χ1) is 4.70. The summed E-state index contributed by atoms with van der Waals surface area (Å²) in [5.41, 5.74) is 0.717. The molecule has 0 bridgehead atoms. The number of benzene rings is 1. The average molecular weight is 203 g/mol. The van der Waals surface area contributed by atoms with Gasteiger partial charge in [0.1, 0.15) is 6.17 Å². The van der Waals surface area contributed by atoms with Gasteiger partial charge in [0.05, 0.1) is 0 Å². The first-order valence-electron chi connectivity index (χ1n) is 3.09. The second-order valence-corrected chi connectivity index (χ2v) is 3.09. The van der Waals surface area contributed by atoms with E-state index in [9.17, 15) is 4.39 Å². The average Bonchev–Trinajstić information content (AvgIpc) is 1.88. The maximum atomic E-state index is 12.6. The second-order valence-electron chi connectivity index (χ2n) is 2.17. The lowest BCUT2D eigenvalue weighted by Crippen LogP contribution is -1.83. The predicted molar refractivity (Wildman–Crippen MR) is 43.7 cm³/mol. The number of hydrogen-bond donors (Lipinski definition) is 0. The molecule has 0 N–H and O–H groups in total. The van der Waals surface area contributed by atoms with Crippen molar-refractivity contribution in [2.75, 3.05) is 0 Å². The molecule has 0 radical (unpaired) electrons. The minimum atomic E-state index is -0.877. The third kappa shape index (κ3) is 1.81. The van der Waals surface area contributed by atoms with Gasteiger partial charge in [-0.1, -0.05) is 28.1 Å². The van der Waals surface area contributed by atoms with Crippen LogP contribution in [0, 0.1) is 0 Å². The fourth-order valence-corrected chi connectivity index (χ4v) is 1.17. The highest BCUT2D eigenvalue weighted by Gasteiger charge is 2.00. The predicted octanol–water partition coefficient (Wildman–Crippen LogP) is 3.48. The molecule has 0 heterocycles. The molecule has 0 aliphatic rings. The maximum absolute atomic E-state index is 12.6. The second kappa shape index (κ2) is 3.15. The highest BCUT2D eigenvalue weighted by atomic mass is 79.9.